The van der Waals surface area contributed by atoms with Crippen molar-refractivity contribution in [1.29, 1.82) is 0 Å². The van der Waals surface area contributed by atoms with Gasteiger partial charge in [-0.25, -0.2) is 8.42 Å². The van der Waals surface area contributed by atoms with Crippen LogP contribution in [0.1, 0.15) is 12.8 Å². The molecule has 2 aliphatic heterocycles. The number of nitro groups is 1. The van der Waals surface area contributed by atoms with Crippen molar-refractivity contribution in [2.75, 3.05) is 26.3 Å². The first-order chi connectivity index (χ1) is 10.9. The van der Waals surface area contributed by atoms with Crippen LogP contribution in [-0.2, 0) is 10.0 Å². The topological polar surface area (TPSA) is 125 Å². The molecule has 3 rings (SSSR count). The molecule has 0 aliphatic carbocycles. The number of nitrogens with zero attached hydrogens (tertiary/aromatic N) is 2. The molecule has 0 aromatic heterocycles. The predicted molar refractivity (Wildman–Crippen MR) is 80.1 cm³/mol. The molecule has 0 unspecified atom stereocenters. The Morgan fingerprint density at radius 2 is 1.74 bits per heavy atom. The van der Waals surface area contributed by atoms with Gasteiger partial charge in [-0.15, -0.1) is 0 Å². The second-order valence-electron chi connectivity index (χ2n) is 5.46. The number of rotatable bonds is 3. The number of hydrogen-bond acceptors (Lipinski definition) is 7. The summed E-state index contributed by atoms with van der Waals surface area (Å²) in [6.07, 6.45) is 1.05. The van der Waals surface area contributed by atoms with E-state index in [0.717, 1.165) is 6.07 Å². The zero-order chi connectivity index (χ0) is 16.6. The number of nitro benzene ring substituents is 1. The van der Waals surface area contributed by atoms with E-state index in [9.17, 15) is 18.5 Å². The lowest BCUT2D eigenvalue weighted by molar-refractivity contribution is -0.388. The van der Waals surface area contributed by atoms with E-state index < -0.39 is 20.6 Å². The highest BCUT2D eigenvalue weighted by molar-refractivity contribution is 7.89. The monoisotopic (exact) mass is 343 g/mol. The van der Waals surface area contributed by atoms with E-state index in [2.05, 4.69) is 0 Å². The van der Waals surface area contributed by atoms with Crippen molar-refractivity contribution < 1.29 is 22.8 Å². The molecule has 2 aliphatic rings. The first-order valence-corrected chi connectivity index (χ1v) is 8.67. The standard InChI is InChI=1S/C13H17N3O6S/c14-9-1-3-15(4-2-9)23(19,20)13-8-12-11(21-5-6-22-12)7-10(13)16(17)18/h7-9H,1-6,14H2. The van der Waals surface area contributed by atoms with Crippen LogP contribution >= 0.6 is 0 Å². The largest absolute Gasteiger partial charge is 0.486 e. The van der Waals surface area contributed by atoms with Crippen molar-refractivity contribution in [3.05, 3.63) is 22.2 Å². The van der Waals surface area contributed by atoms with E-state index >= 15 is 0 Å². The number of ether oxygens (including phenoxy) is 2. The van der Waals surface area contributed by atoms with Crippen molar-refractivity contribution in [2.24, 2.45) is 5.73 Å². The van der Waals surface area contributed by atoms with Crippen LogP contribution in [0, 0.1) is 10.1 Å². The van der Waals surface area contributed by atoms with Crippen LogP contribution in [0.3, 0.4) is 0 Å². The summed E-state index contributed by atoms with van der Waals surface area (Å²) >= 11 is 0. The molecule has 2 N–H and O–H groups in total. The number of benzene rings is 1. The highest BCUT2D eigenvalue weighted by atomic mass is 32.2. The minimum absolute atomic E-state index is 0.0447. The van der Waals surface area contributed by atoms with E-state index in [4.69, 9.17) is 15.2 Å². The van der Waals surface area contributed by atoms with E-state index in [1.54, 1.807) is 0 Å². The Labute approximate surface area is 133 Å². The molecule has 0 amide bonds. The summed E-state index contributed by atoms with van der Waals surface area (Å²) in [7, 11) is -3.99. The fourth-order valence-electron chi connectivity index (χ4n) is 2.66. The van der Waals surface area contributed by atoms with Gasteiger partial charge in [-0.05, 0) is 12.8 Å². The molecule has 1 aromatic rings. The number of hydrogen-bond donors (Lipinski definition) is 1. The number of fused-ring (bicyclic) bond motifs is 1. The van der Waals surface area contributed by atoms with Crippen molar-refractivity contribution >= 4 is 15.7 Å². The maximum absolute atomic E-state index is 12.8. The van der Waals surface area contributed by atoms with Gasteiger partial charge in [0.2, 0.25) is 10.0 Å². The first-order valence-electron chi connectivity index (χ1n) is 7.23. The van der Waals surface area contributed by atoms with Crippen molar-refractivity contribution in [3.63, 3.8) is 0 Å². The molecule has 10 heteroatoms. The van der Waals surface area contributed by atoms with Gasteiger partial charge in [0.1, 0.15) is 13.2 Å². The summed E-state index contributed by atoms with van der Waals surface area (Å²) in [5, 5.41) is 11.3. The lowest BCUT2D eigenvalue weighted by Crippen LogP contribution is -2.42. The highest BCUT2D eigenvalue weighted by Crippen LogP contribution is 2.39. The molecule has 126 valence electrons. The molecule has 0 atom stereocenters. The Morgan fingerprint density at radius 1 is 1.17 bits per heavy atom. The smallest absolute Gasteiger partial charge is 0.293 e. The maximum atomic E-state index is 12.8. The number of nitrogens with two attached hydrogens (primary N) is 1. The fraction of sp³-hybridized carbons (Fsp3) is 0.538. The van der Waals surface area contributed by atoms with Gasteiger partial charge >= 0.3 is 0 Å². The average molecular weight is 343 g/mol. The van der Waals surface area contributed by atoms with Gasteiger partial charge in [0.15, 0.2) is 16.4 Å². The quantitative estimate of drug-likeness (QED) is 0.625. The molecular formula is C13H17N3O6S. The Hall–Kier alpha value is -1.91. The van der Waals surface area contributed by atoms with Gasteiger partial charge in [0.05, 0.1) is 11.0 Å². The molecule has 0 bridgehead atoms. The summed E-state index contributed by atoms with van der Waals surface area (Å²) in [6, 6.07) is 2.24. The second-order valence-corrected chi connectivity index (χ2v) is 7.37. The molecule has 1 fully saturated rings. The number of sulfonamides is 1. The molecule has 0 spiro atoms. The Morgan fingerprint density at radius 3 is 2.30 bits per heavy atom. The third kappa shape index (κ3) is 2.96. The van der Waals surface area contributed by atoms with E-state index in [1.807, 2.05) is 0 Å². The van der Waals surface area contributed by atoms with Crippen LogP contribution in [-0.4, -0.2) is 50.0 Å². The zero-order valence-corrected chi connectivity index (χ0v) is 13.1. The summed E-state index contributed by atoms with van der Waals surface area (Å²) in [4.78, 5) is 10.2. The SMILES string of the molecule is NC1CCN(S(=O)(=O)c2cc3c(cc2[N+](=O)[O-])OCCO3)CC1. The van der Waals surface area contributed by atoms with Gasteiger partial charge in [-0.2, -0.15) is 4.31 Å². The molecule has 2 heterocycles. The molecular weight excluding hydrogens is 326 g/mol. The maximum Gasteiger partial charge on any atom is 0.293 e. The molecule has 9 nitrogen and oxygen atoms in total. The summed E-state index contributed by atoms with van der Waals surface area (Å²) in [5.41, 5.74) is 5.27. The van der Waals surface area contributed by atoms with Crippen molar-refractivity contribution in [2.45, 2.75) is 23.8 Å². The summed E-state index contributed by atoms with van der Waals surface area (Å²) in [5.74, 6) is 0.386. The highest BCUT2D eigenvalue weighted by Gasteiger charge is 2.35. The number of piperidine rings is 1. The minimum atomic E-state index is -3.99. The summed E-state index contributed by atoms with van der Waals surface area (Å²) in [6.45, 7) is 1.02. The molecule has 1 saturated heterocycles. The van der Waals surface area contributed by atoms with Gasteiger partial charge in [-0.1, -0.05) is 0 Å². The fourth-order valence-corrected chi connectivity index (χ4v) is 4.29. The molecule has 0 saturated carbocycles. The van der Waals surface area contributed by atoms with E-state index in [0.29, 0.717) is 12.8 Å². The predicted octanol–water partition coefficient (Wildman–Crippen LogP) is 0.478. The van der Waals surface area contributed by atoms with Gasteiger partial charge in [-0.3, -0.25) is 10.1 Å². The lowest BCUT2D eigenvalue weighted by atomic mass is 10.1. The van der Waals surface area contributed by atoms with Crippen LogP contribution in [0.15, 0.2) is 17.0 Å². The van der Waals surface area contributed by atoms with E-state index in [1.165, 1.54) is 10.4 Å². The van der Waals surface area contributed by atoms with Crippen molar-refractivity contribution in [1.82, 2.24) is 4.31 Å². The van der Waals surface area contributed by atoms with Crippen LogP contribution in [0.25, 0.3) is 0 Å². The molecule has 1 aromatic carbocycles. The lowest BCUT2D eigenvalue weighted by Gasteiger charge is -2.29. The Balaban J connectivity index is 2.05. The molecule has 0 radical (unpaired) electrons. The van der Waals surface area contributed by atoms with Crippen LogP contribution in [0.2, 0.25) is 0 Å². The zero-order valence-electron chi connectivity index (χ0n) is 12.3. The minimum Gasteiger partial charge on any atom is -0.486 e. The average Bonchev–Trinajstić information content (AvgIpc) is 2.54. The van der Waals surface area contributed by atoms with Crippen LogP contribution < -0.4 is 15.2 Å². The van der Waals surface area contributed by atoms with Crippen LogP contribution in [0.4, 0.5) is 5.69 Å². The van der Waals surface area contributed by atoms with Gasteiger partial charge in [0.25, 0.3) is 5.69 Å². The van der Waals surface area contributed by atoms with Gasteiger partial charge < -0.3 is 15.2 Å². The van der Waals surface area contributed by atoms with E-state index in [-0.39, 0.29) is 48.7 Å². The third-order valence-corrected chi connectivity index (χ3v) is 5.86. The van der Waals surface area contributed by atoms with Crippen molar-refractivity contribution in [3.8, 4) is 11.5 Å². The van der Waals surface area contributed by atoms with Gasteiger partial charge in [0, 0.05) is 25.2 Å². The normalized spacial score (nSPS) is 19.5. The third-order valence-electron chi connectivity index (χ3n) is 3.94. The van der Waals surface area contributed by atoms with Crippen LogP contribution in [0.5, 0.6) is 11.5 Å². The Bertz CT molecular complexity index is 727. The molecule has 23 heavy (non-hydrogen) atoms. The first kappa shape index (κ1) is 16.0. The Kier molecular flexibility index (Phi) is 4.13. The second kappa shape index (κ2) is 5.95. The summed E-state index contributed by atoms with van der Waals surface area (Å²) < 4.78 is 37.4.